The fraction of sp³-hybridized carbons (Fsp3) is 0.615. The topological polar surface area (TPSA) is 156 Å². The molecule has 1 amide bonds. The summed E-state index contributed by atoms with van der Waals surface area (Å²) in [6.07, 6.45) is 14.6. The standard InChI is InChI=1S/C26H43N3O5/c1-3-4-7-12-22(31)17-16-21(19-29-26(34)24(28)14-10-11-18-27)23(20(2)30)13-8-5-6-9-15-25(32)33/h5,8,16-17,19,22,24,31H,3-4,6-7,9-15,18,27-28H2,1-2H3,(H,32,33)/b8-5-,17-16+,23-21-,29-19+/t22?,24-/m0/s1. The molecule has 0 aliphatic heterocycles. The van der Waals surface area contributed by atoms with Crippen LogP contribution in [0.3, 0.4) is 0 Å². The van der Waals surface area contributed by atoms with Gasteiger partial charge in [0.25, 0.3) is 5.91 Å². The summed E-state index contributed by atoms with van der Waals surface area (Å²) in [5.41, 5.74) is 12.3. The van der Waals surface area contributed by atoms with Crippen molar-refractivity contribution in [1.82, 2.24) is 0 Å². The number of allylic oxidation sites excluding steroid dienone is 5. The van der Waals surface area contributed by atoms with E-state index in [-0.39, 0.29) is 12.2 Å². The molecule has 0 aliphatic carbocycles. The van der Waals surface area contributed by atoms with Crippen molar-refractivity contribution in [1.29, 1.82) is 0 Å². The number of aliphatic hydroxyl groups excluding tert-OH is 1. The van der Waals surface area contributed by atoms with Gasteiger partial charge in [-0.05, 0) is 57.6 Å². The Balaban J connectivity index is 5.58. The molecule has 0 aromatic carbocycles. The first-order valence-corrected chi connectivity index (χ1v) is 12.2. The number of aliphatic carboxylic acids is 1. The van der Waals surface area contributed by atoms with E-state index >= 15 is 0 Å². The summed E-state index contributed by atoms with van der Waals surface area (Å²) in [7, 11) is 0. The van der Waals surface area contributed by atoms with Crippen LogP contribution in [0.1, 0.15) is 84.5 Å². The molecular formula is C26H43N3O5. The number of Topliss-reactive ketones (excluding diaryl/α,β-unsaturated/α-hetero) is 1. The lowest BCUT2D eigenvalue weighted by molar-refractivity contribution is -0.137. The zero-order chi connectivity index (χ0) is 25.8. The molecule has 34 heavy (non-hydrogen) atoms. The Labute approximate surface area is 203 Å². The fourth-order valence-electron chi connectivity index (χ4n) is 3.15. The second-order valence-electron chi connectivity index (χ2n) is 8.36. The highest BCUT2D eigenvalue weighted by atomic mass is 16.4. The highest BCUT2D eigenvalue weighted by Crippen LogP contribution is 2.14. The van der Waals surface area contributed by atoms with Gasteiger partial charge >= 0.3 is 5.97 Å². The molecule has 0 spiro atoms. The van der Waals surface area contributed by atoms with Crippen molar-refractivity contribution in [3.63, 3.8) is 0 Å². The van der Waals surface area contributed by atoms with Crippen LogP contribution in [0, 0.1) is 0 Å². The molecular weight excluding hydrogens is 434 g/mol. The number of ketones is 1. The smallest absolute Gasteiger partial charge is 0.303 e. The highest BCUT2D eigenvalue weighted by molar-refractivity contribution is 6.04. The summed E-state index contributed by atoms with van der Waals surface area (Å²) >= 11 is 0. The number of unbranched alkanes of at least 4 members (excludes halogenated alkanes) is 4. The second kappa shape index (κ2) is 20.0. The number of nitrogens with zero attached hydrogens (tertiary/aromatic N) is 1. The van der Waals surface area contributed by atoms with Crippen LogP contribution in [-0.4, -0.2) is 52.8 Å². The third-order valence-corrected chi connectivity index (χ3v) is 5.24. The van der Waals surface area contributed by atoms with Crippen molar-refractivity contribution in [2.75, 3.05) is 6.54 Å². The second-order valence-corrected chi connectivity index (χ2v) is 8.36. The molecule has 0 heterocycles. The molecule has 0 saturated heterocycles. The van der Waals surface area contributed by atoms with Gasteiger partial charge in [0.15, 0.2) is 5.78 Å². The molecule has 0 saturated carbocycles. The highest BCUT2D eigenvalue weighted by Gasteiger charge is 2.13. The Morgan fingerprint density at radius 3 is 2.35 bits per heavy atom. The number of aliphatic hydroxyl groups is 1. The zero-order valence-electron chi connectivity index (χ0n) is 20.7. The van der Waals surface area contributed by atoms with Crippen molar-refractivity contribution in [2.45, 2.75) is 96.6 Å². The van der Waals surface area contributed by atoms with E-state index in [2.05, 4.69) is 11.9 Å². The predicted molar refractivity (Wildman–Crippen MR) is 137 cm³/mol. The maximum Gasteiger partial charge on any atom is 0.303 e. The van der Waals surface area contributed by atoms with Crippen LogP contribution in [-0.2, 0) is 14.4 Å². The molecule has 192 valence electrons. The molecule has 0 aromatic rings. The Hall–Kier alpha value is -2.42. The number of carbonyl (C=O) groups excluding carboxylic acids is 2. The zero-order valence-corrected chi connectivity index (χ0v) is 20.7. The Bertz CT molecular complexity index is 741. The Morgan fingerprint density at radius 2 is 1.74 bits per heavy atom. The minimum atomic E-state index is -0.843. The summed E-state index contributed by atoms with van der Waals surface area (Å²) < 4.78 is 0. The monoisotopic (exact) mass is 477 g/mol. The first kappa shape index (κ1) is 31.6. The van der Waals surface area contributed by atoms with Gasteiger partial charge in [-0.15, -0.1) is 0 Å². The molecule has 0 aliphatic rings. The van der Waals surface area contributed by atoms with Gasteiger partial charge in [-0.1, -0.05) is 56.9 Å². The van der Waals surface area contributed by atoms with E-state index in [1.165, 1.54) is 13.1 Å². The van der Waals surface area contributed by atoms with Crippen molar-refractivity contribution in [3.05, 3.63) is 35.5 Å². The van der Waals surface area contributed by atoms with Crippen LogP contribution in [0.2, 0.25) is 0 Å². The number of rotatable bonds is 19. The van der Waals surface area contributed by atoms with Crippen molar-refractivity contribution < 1.29 is 24.6 Å². The average Bonchev–Trinajstić information content (AvgIpc) is 2.78. The maximum atomic E-state index is 12.4. The van der Waals surface area contributed by atoms with E-state index in [9.17, 15) is 19.5 Å². The third-order valence-electron chi connectivity index (χ3n) is 5.24. The number of amides is 1. The van der Waals surface area contributed by atoms with Crippen LogP contribution in [0.25, 0.3) is 0 Å². The minimum Gasteiger partial charge on any atom is -0.481 e. The molecule has 6 N–H and O–H groups in total. The van der Waals surface area contributed by atoms with E-state index in [1.54, 1.807) is 18.2 Å². The first-order chi connectivity index (χ1) is 16.2. The lowest BCUT2D eigenvalue weighted by Gasteiger charge is -2.09. The largest absolute Gasteiger partial charge is 0.481 e. The van der Waals surface area contributed by atoms with Crippen LogP contribution in [0.5, 0.6) is 0 Å². The summed E-state index contributed by atoms with van der Waals surface area (Å²) in [5.74, 6) is -1.50. The number of carboxylic acid groups (broad SMARTS) is 1. The fourth-order valence-corrected chi connectivity index (χ4v) is 3.15. The van der Waals surface area contributed by atoms with Crippen LogP contribution in [0.4, 0.5) is 0 Å². The minimum absolute atomic E-state index is 0.0873. The van der Waals surface area contributed by atoms with Gasteiger partial charge in [-0.3, -0.25) is 14.4 Å². The SMILES string of the molecule is CCCCCC(O)/C=C/C(/C=N/C(=O)[C@@H](N)CCCCN)=C(\C/C=C\CCCC(=O)O)C(C)=O. The van der Waals surface area contributed by atoms with Crippen molar-refractivity contribution in [3.8, 4) is 0 Å². The average molecular weight is 478 g/mol. The number of hydrogen-bond donors (Lipinski definition) is 4. The quantitative estimate of drug-likeness (QED) is 0.0727. The Kier molecular flexibility index (Phi) is 18.6. The summed E-state index contributed by atoms with van der Waals surface area (Å²) in [4.78, 5) is 39.3. The lowest BCUT2D eigenvalue weighted by Crippen LogP contribution is -2.29. The number of carbonyl (C=O) groups is 3. The van der Waals surface area contributed by atoms with E-state index in [1.807, 2.05) is 6.08 Å². The predicted octanol–water partition coefficient (Wildman–Crippen LogP) is 3.62. The molecule has 0 radical (unpaired) electrons. The first-order valence-electron chi connectivity index (χ1n) is 12.2. The van der Waals surface area contributed by atoms with Crippen molar-refractivity contribution >= 4 is 23.9 Å². The van der Waals surface area contributed by atoms with Gasteiger partial charge in [0.05, 0.1) is 12.1 Å². The normalized spacial score (nSPS) is 14.6. The number of hydrogen-bond acceptors (Lipinski definition) is 6. The lowest BCUT2D eigenvalue weighted by atomic mass is 10.00. The molecule has 2 atom stereocenters. The molecule has 0 rings (SSSR count). The van der Waals surface area contributed by atoms with Gasteiger partial charge in [0, 0.05) is 18.2 Å². The van der Waals surface area contributed by atoms with Gasteiger partial charge < -0.3 is 21.7 Å². The van der Waals surface area contributed by atoms with Gasteiger partial charge in [-0.2, -0.15) is 0 Å². The molecule has 8 nitrogen and oxygen atoms in total. The molecule has 8 heteroatoms. The van der Waals surface area contributed by atoms with Gasteiger partial charge in [0.2, 0.25) is 0 Å². The van der Waals surface area contributed by atoms with E-state index < -0.39 is 24.0 Å². The summed E-state index contributed by atoms with van der Waals surface area (Å²) in [5, 5.41) is 19.0. The molecule has 1 unspecified atom stereocenters. The summed E-state index contributed by atoms with van der Waals surface area (Å²) in [6, 6.07) is -0.734. The van der Waals surface area contributed by atoms with Crippen molar-refractivity contribution in [2.24, 2.45) is 16.5 Å². The third kappa shape index (κ3) is 16.2. The molecule has 0 fully saturated rings. The van der Waals surface area contributed by atoms with Crippen LogP contribution >= 0.6 is 0 Å². The van der Waals surface area contributed by atoms with Gasteiger partial charge in [0.1, 0.15) is 0 Å². The van der Waals surface area contributed by atoms with Gasteiger partial charge in [-0.25, -0.2) is 4.99 Å². The van der Waals surface area contributed by atoms with Crippen LogP contribution < -0.4 is 11.5 Å². The number of nitrogens with two attached hydrogens (primary N) is 2. The van der Waals surface area contributed by atoms with E-state index in [0.29, 0.717) is 49.8 Å². The number of carboxylic acids is 1. The van der Waals surface area contributed by atoms with E-state index in [4.69, 9.17) is 16.6 Å². The van der Waals surface area contributed by atoms with Crippen LogP contribution in [0.15, 0.2) is 40.4 Å². The Morgan fingerprint density at radius 1 is 1.03 bits per heavy atom. The maximum absolute atomic E-state index is 12.4. The molecule has 0 bridgehead atoms. The molecule has 0 aromatic heterocycles. The van der Waals surface area contributed by atoms with E-state index in [0.717, 1.165) is 32.1 Å². The summed E-state index contributed by atoms with van der Waals surface area (Å²) in [6.45, 7) is 4.06. The number of aliphatic imine (C=N–C) groups is 1.